The molecule has 36 heavy (non-hydrogen) atoms. The van der Waals surface area contributed by atoms with Crippen LogP contribution in [-0.4, -0.2) is 36.0 Å². The molecular formula is C32H36N2O2. The Hall–Kier alpha value is -3.11. The summed E-state index contributed by atoms with van der Waals surface area (Å²) in [5.74, 6) is 1.56. The van der Waals surface area contributed by atoms with E-state index in [4.69, 9.17) is 4.74 Å². The third kappa shape index (κ3) is 4.02. The molecule has 2 fully saturated rings. The van der Waals surface area contributed by atoms with E-state index in [1.165, 1.54) is 16.7 Å². The lowest BCUT2D eigenvalue weighted by Crippen LogP contribution is -2.54. The topological polar surface area (TPSA) is 41.6 Å². The molecule has 0 radical (unpaired) electrons. The van der Waals surface area contributed by atoms with E-state index in [1.807, 2.05) is 6.07 Å². The molecule has 0 aliphatic carbocycles. The molecule has 3 aliphatic rings. The number of amides is 1. The molecule has 1 N–H and O–H groups in total. The molecule has 4 nitrogen and oxygen atoms in total. The van der Waals surface area contributed by atoms with Crippen molar-refractivity contribution in [1.29, 1.82) is 0 Å². The Labute approximate surface area is 214 Å². The van der Waals surface area contributed by atoms with Crippen LogP contribution in [0.25, 0.3) is 0 Å². The van der Waals surface area contributed by atoms with Crippen LogP contribution in [0.3, 0.4) is 0 Å². The van der Waals surface area contributed by atoms with Gasteiger partial charge in [-0.1, -0.05) is 78.9 Å². The second-order valence-electron chi connectivity index (χ2n) is 11.5. The molecule has 3 aromatic carbocycles. The number of carbonyl (C=O) groups is 1. The van der Waals surface area contributed by atoms with Gasteiger partial charge in [0.1, 0.15) is 11.4 Å². The van der Waals surface area contributed by atoms with Crippen molar-refractivity contribution in [1.82, 2.24) is 10.2 Å². The van der Waals surface area contributed by atoms with Gasteiger partial charge in [0.2, 0.25) is 5.91 Å². The number of piperidine rings is 1. The lowest BCUT2D eigenvalue weighted by molar-refractivity contribution is -0.142. The Bertz CT molecular complexity index is 1230. The second kappa shape index (κ2) is 9.08. The van der Waals surface area contributed by atoms with E-state index in [2.05, 4.69) is 103 Å². The van der Waals surface area contributed by atoms with Crippen molar-refractivity contribution in [2.75, 3.05) is 19.6 Å². The fourth-order valence-corrected chi connectivity index (χ4v) is 7.15. The summed E-state index contributed by atoms with van der Waals surface area (Å²) in [6.45, 7) is 6.62. The Balaban J connectivity index is 1.36. The molecule has 3 heterocycles. The summed E-state index contributed by atoms with van der Waals surface area (Å²) in [6.07, 6.45) is 2.78. The summed E-state index contributed by atoms with van der Waals surface area (Å²) in [4.78, 5) is 16.8. The van der Waals surface area contributed by atoms with Crippen LogP contribution in [0.5, 0.6) is 5.75 Å². The van der Waals surface area contributed by atoms with Crippen molar-refractivity contribution < 1.29 is 9.53 Å². The van der Waals surface area contributed by atoms with E-state index in [0.717, 1.165) is 38.1 Å². The van der Waals surface area contributed by atoms with Crippen LogP contribution >= 0.6 is 0 Å². The fraction of sp³-hybridized carbons (Fsp3) is 0.406. The van der Waals surface area contributed by atoms with Crippen molar-refractivity contribution in [3.05, 3.63) is 102 Å². The van der Waals surface area contributed by atoms with Crippen molar-refractivity contribution >= 4 is 5.91 Å². The van der Waals surface area contributed by atoms with Crippen molar-refractivity contribution in [2.24, 2.45) is 5.92 Å². The first-order valence-corrected chi connectivity index (χ1v) is 13.4. The number of hydrogen-bond acceptors (Lipinski definition) is 3. The van der Waals surface area contributed by atoms with Gasteiger partial charge in [-0.15, -0.1) is 0 Å². The molecule has 3 aromatic rings. The van der Waals surface area contributed by atoms with Gasteiger partial charge < -0.3 is 15.0 Å². The maximum Gasteiger partial charge on any atom is 0.228 e. The molecule has 1 amide bonds. The summed E-state index contributed by atoms with van der Waals surface area (Å²) >= 11 is 0. The highest BCUT2D eigenvalue weighted by atomic mass is 16.5. The number of benzene rings is 3. The largest absolute Gasteiger partial charge is 0.488 e. The number of hydrogen-bond donors (Lipinski definition) is 1. The summed E-state index contributed by atoms with van der Waals surface area (Å²) in [6, 6.07) is 29.9. The minimum absolute atomic E-state index is 0.0819. The normalized spacial score (nSPS) is 28.9. The van der Waals surface area contributed by atoms with Gasteiger partial charge >= 0.3 is 0 Å². The smallest absolute Gasteiger partial charge is 0.228 e. The van der Waals surface area contributed by atoms with Gasteiger partial charge in [0, 0.05) is 30.6 Å². The highest BCUT2D eigenvalue weighted by Crippen LogP contribution is 2.52. The van der Waals surface area contributed by atoms with Gasteiger partial charge in [0.25, 0.3) is 0 Å². The molecule has 0 bridgehead atoms. The monoisotopic (exact) mass is 480 g/mol. The number of ether oxygens (including phenoxy) is 1. The SMILES string of the molecule is CC1(C)C[C@]2(CNCC2C(=O)N2CC[C@@H](c3ccccc3)C[C@H]2c2ccccc2)c2ccccc2O1. The zero-order valence-electron chi connectivity index (χ0n) is 21.3. The second-order valence-corrected chi connectivity index (χ2v) is 11.5. The molecule has 1 unspecified atom stereocenters. The third-order valence-corrected chi connectivity index (χ3v) is 8.65. The van der Waals surface area contributed by atoms with Crippen LogP contribution in [0.2, 0.25) is 0 Å². The van der Waals surface area contributed by atoms with E-state index in [1.54, 1.807) is 0 Å². The quantitative estimate of drug-likeness (QED) is 0.511. The van der Waals surface area contributed by atoms with Crippen LogP contribution in [0.1, 0.15) is 61.8 Å². The predicted molar refractivity (Wildman–Crippen MR) is 143 cm³/mol. The highest BCUT2D eigenvalue weighted by molar-refractivity contribution is 5.83. The summed E-state index contributed by atoms with van der Waals surface area (Å²) in [5.41, 5.74) is 3.22. The van der Waals surface area contributed by atoms with Gasteiger partial charge in [-0.3, -0.25) is 4.79 Å². The number of rotatable bonds is 3. The molecule has 6 rings (SSSR count). The molecule has 0 aromatic heterocycles. The van der Waals surface area contributed by atoms with Crippen LogP contribution in [0, 0.1) is 5.92 Å². The number of nitrogens with one attached hydrogen (secondary N) is 1. The molecular weight excluding hydrogens is 444 g/mol. The van der Waals surface area contributed by atoms with Gasteiger partial charge in [-0.25, -0.2) is 0 Å². The Morgan fingerprint density at radius 3 is 2.33 bits per heavy atom. The Morgan fingerprint density at radius 1 is 0.917 bits per heavy atom. The van der Waals surface area contributed by atoms with E-state index in [9.17, 15) is 4.79 Å². The molecule has 3 aliphatic heterocycles. The van der Waals surface area contributed by atoms with Crippen LogP contribution < -0.4 is 10.1 Å². The van der Waals surface area contributed by atoms with Gasteiger partial charge in [0.15, 0.2) is 0 Å². The van der Waals surface area contributed by atoms with Gasteiger partial charge in [-0.05, 0) is 56.2 Å². The Morgan fingerprint density at radius 2 is 1.58 bits per heavy atom. The molecule has 0 saturated carbocycles. The highest BCUT2D eigenvalue weighted by Gasteiger charge is 2.56. The standard InChI is InChI=1S/C32H36N2O2/c1-31(2)21-32(26-15-9-10-16-29(26)36-31)22-33-20-27(32)30(35)34-18-17-25(23-11-5-3-6-12-23)19-28(34)24-13-7-4-8-14-24/h3-16,25,27-28,33H,17-22H2,1-2H3/t25-,27?,28+,32+/m1/s1. The maximum atomic E-state index is 14.6. The average Bonchev–Trinajstić information content (AvgIpc) is 3.31. The number of nitrogens with zero attached hydrogens (tertiary/aromatic N) is 1. The molecule has 4 heteroatoms. The lowest BCUT2D eigenvalue weighted by Gasteiger charge is -2.48. The summed E-state index contributed by atoms with van der Waals surface area (Å²) < 4.78 is 6.38. The minimum Gasteiger partial charge on any atom is -0.488 e. The first kappa shape index (κ1) is 23.3. The van der Waals surface area contributed by atoms with E-state index >= 15 is 0 Å². The number of fused-ring (bicyclic) bond motifs is 2. The van der Waals surface area contributed by atoms with E-state index in [-0.39, 0.29) is 28.9 Å². The zero-order valence-corrected chi connectivity index (χ0v) is 21.3. The molecule has 4 atom stereocenters. The average molecular weight is 481 g/mol. The maximum absolute atomic E-state index is 14.6. The van der Waals surface area contributed by atoms with E-state index in [0.29, 0.717) is 12.5 Å². The first-order chi connectivity index (χ1) is 17.5. The van der Waals surface area contributed by atoms with Gasteiger partial charge in [-0.2, -0.15) is 0 Å². The number of carbonyl (C=O) groups excluding carboxylic acids is 1. The van der Waals surface area contributed by atoms with Crippen LogP contribution in [-0.2, 0) is 10.2 Å². The van der Waals surface area contributed by atoms with Crippen LogP contribution in [0.4, 0.5) is 0 Å². The molecule has 2 saturated heterocycles. The Kier molecular flexibility index (Phi) is 5.88. The van der Waals surface area contributed by atoms with Crippen molar-refractivity contribution in [3.63, 3.8) is 0 Å². The number of likely N-dealkylation sites (tertiary alicyclic amines) is 1. The number of para-hydroxylation sites is 1. The summed E-state index contributed by atoms with van der Waals surface area (Å²) in [7, 11) is 0. The lowest BCUT2D eigenvalue weighted by atomic mass is 9.64. The zero-order chi connectivity index (χ0) is 24.8. The fourth-order valence-electron chi connectivity index (χ4n) is 7.15. The molecule has 186 valence electrons. The first-order valence-electron chi connectivity index (χ1n) is 13.4. The van der Waals surface area contributed by atoms with Gasteiger partial charge in [0.05, 0.1) is 12.0 Å². The third-order valence-electron chi connectivity index (χ3n) is 8.65. The minimum atomic E-state index is -0.321. The summed E-state index contributed by atoms with van der Waals surface area (Å²) in [5, 5.41) is 3.62. The van der Waals surface area contributed by atoms with Crippen molar-refractivity contribution in [3.8, 4) is 5.75 Å². The van der Waals surface area contributed by atoms with Crippen molar-refractivity contribution in [2.45, 2.75) is 56.1 Å². The molecule has 1 spiro atoms. The predicted octanol–water partition coefficient (Wildman–Crippen LogP) is 5.85. The van der Waals surface area contributed by atoms with E-state index < -0.39 is 0 Å². The van der Waals surface area contributed by atoms with Crippen LogP contribution in [0.15, 0.2) is 84.9 Å².